The van der Waals surface area contributed by atoms with Crippen molar-refractivity contribution in [3.05, 3.63) is 125 Å². The summed E-state index contributed by atoms with van der Waals surface area (Å²) in [6.07, 6.45) is 0. The molecule has 6 heteroatoms. The largest absolute Gasteiger partial charge is 0.290 e. The molecule has 0 aliphatic rings. The number of anilines is 1. The summed E-state index contributed by atoms with van der Waals surface area (Å²) in [5.41, 5.74) is 5.24. The van der Waals surface area contributed by atoms with Gasteiger partial charge in [0, 0.05) is 6.07 Å². The Morgan fingerprint density at radius 3 is 2.07 bits per heavy atom. The summed E-state index contributed by atoms with van der Waals surface area (Å²) in [6.45, 7) is 0.481. The van der Waals surface area contributed by atoms with E-state index in [1.54, 1.807) is 17.1 Å². The highest BCUT2D eigenvalue weighted by atomic mass is 16.2. The predicted molar refractivity (Wildman–Crippen MR) is 116 cm³/mol. The molecule has 1 amide bonds. The average Bonchev–Trinajstić information content (AvgIpc) is 2.81. The number of hydrazine groups is 1. The lowest BCUT2D eigenvalue weighted by Gasteiger charge is -2.25. The molecule has 0 unspecified atom stereocenters. The molecule has 0 fully saturated rings. The van der Waals surface area contributed by atoms with E-state index in [4.69, 9.17) is 0 Å². The van der Waals surface area contributed by atoms with E-state index in [2.05, 4.69) is 10.5 Å². The van der Waals surface area contributed by atoms with E-state index in [0.29, 0.717) is 12.2 Å². The summed E-state index contributed by atoms with van der Waals surface area (Å²) in [5, 5.41) is 6.02. The summed E-state index contributed by atoms with van der Waals surface area (Å²) in [5.74, 6) is -0.403. The van der Waals surface area contributed by atoms with Gasteiger partial charge in [-0.3, -0.25) is 20.0 Å². The van der Waals surface area contributed by atoms with Crippen LogP contribution in [0.15, 0.2) is 108 Å². The van der Waals surface area contributed by atoms with Crippen LogP contribution in [0.5, 0.6) is 0 Å². The van der Waals surface area contributed by atoms with Gasteiger partial charge in [0.25, 0.3) is 11.5 Å². The standard InChI is InChI=1S/C24H20N4O2/c29-23-17-16-22(25-28(23)21-14-8-3-9-15-21)24(30)26-27(20-12-6-2-7-13-20)18-19-10-4-1-5-11-19/h1-17H,18H2,(H,26,30). The van der Waals surface area contributed by atoms with Gasteiger partial charge in [-0.25, -0.2) is 0 Å². The van der Waals surface area contributed by atoms with Crippen molar-refractivity contribution in [2.45, 2.75) is 6.54 Å². The first-order chi connectivity index (χ1) is 14.7. The minimum Gasteiger partial charge on any atom is -0.281 e. The fraction of sp³-hybridized carbons (Fsp3) is 0.0417. The number of nitrogens with one attached hydrogen (secondary N) is 1. The van der Waals surface area contributed by atoms with Crippen molar-refractivity contribution in [2.75, 3.05) is 5.01 Å². The quantitative estimate of drug-likeness (QED) is 0.506. The highest BCUT2D eigenvalue weighted by molar-refractivity contribution is 5.93. The molecule has 0 radical (unpaired) electrons. The van der Waals surface area contributed by atoms with Crippen LogP contribution in [-0.4, -0.2) is 15.7 Å². The van der Waals surface area contributed by atoms with Gasteiger partial charge in [0.05, 0.1) is 17.9 Å². The van der Waals surface area contributed by atoms with Gasteiger partial charge in [0.15, 0.2) is 5.69 Å². The molecule has 4 rings (SSSR count). The Balaban J connectivity index is 1.62. The van der Waals surface area contributed by atoms with Crippen molar-refractivity contribution in [3.63, 3.8) is 0 Å². The van der Waals surface area contributed by atoms with Crippen molar-refractivity contribution in [3.8, 4) is 5.69 Å². The molecule has 0 bridgehead atoms. The maximum absolute atomic E-state index is 13.0. The SMILES string of the molecule is O=C(NN(Cc1ccccc1)c1ccccc1)c1ccc(=O)n(-c2ccccc2)n1. The molecule has 148 valence electrons. The maximum atomic E-state index is 13.0. The van der Waals surface area contributed by atoms with Crippen LogP contribution < -0.4 is 16.0 Å². The molecule has 0 saturated heterocycles. The lowest BCUT2D eigenvalue weighted by Crippen LogP contribution is -2.42. The second kappa shape index (κ2) is 8.87. The van der Waals surface area contributed by atoms with Gasteiger partial charge in [-0.05, 0) is 35.9 Å². The van der Waals surface area contributed by atoms with Crippen LogP contribution in [-0.2, 0) is 6.54 Å². The Labute approximate surface area is 174 Å². The third-order valence-electron chi connectivity index (χ3n) is 4.52. The Morgan fingerprint density at radius 2 is 1.40 bits per heavy atom. The fourth-order valence-corrected chi connectivity index (χ4v) is 3.04. The fourth-order valence-electron chi connectivity index (χ4n) is 3.04. The number of carbonyl (C=O) groups excluding carboxylic acids is 1. The monoisotopic (exact) mass is 396 g/mol. The van der Waals surface area contributed by atoms with Crippen molar-refractivity contribution < 1.29 is 4.79 Å². The molecule has 4 aromatic rings. The van der Waals surface area contributed by atoms with Crippen LogP contribution in [0.1, 0.15) is 16.1 Å². The zero-order valence-electron chi connectivity index (χ0n) is 16.2. The van der Waals surface area contributed by atoms with E-state index in [1.165, 1.54) is 16.8 Å². The topological polar surface area (TPSA) is 67.2 Å². The van der Waals surface area contributed by atoms with E-state index in [9.17, 15) is 9.59 Å². The average molecular weight is 396 g/mol. The molecular weight excluding hydrogens is 376 g/mol. The zero-order valence-corrected chi connectivity index (χ0v) is 16.2. The lowest BCUT2D eigenvalue weighted by molar-refractivity contribution is 0.0941. The molecule has 1 aromatic heterocycles. The third kappa shape index (κ3) is 4.44. The van der Waals surface area contributed by atoms with Gasteiger partial charge >= 0.3 is 0 Å². The molecule has 0 saturated carbocycles. The summed E-state index contributed by atoms with van der Waals surface area (Å²) in [6, 6.07) is 31.2. The van der Waals surface area contributed by atoms with E-state index in [0.717, 1.165) is 11.3 Å². The number of rotatable bonds is 6. The van der Waals surface area contributed by atoms with E-state index >= 15 is 0 Å². The van der Waals surface area contributed by atoms with Crippen LogP contribution in [0.2, 0.25) is 0 Å². The van der Waals surface area contributed by atoms with Crippen molar-refractivity contribution in [1.29, 1.82) is 0 Å². The molecule has 6 nitrogen and oxygen atoms in total. The molecule has 0 atom stereocenters. The predicted octanol–water partition coefficient (Wildman–Crippen LogP) is 3.58. The van der Waals surface area contributed by atoms with Crippen LogP contribution in [0.3, 0.4) is 0 Å². The van der Waals surface area contributed by atoms with Gasteiger partial charge in [-0.2, -0.15) is 9.78 Å². The second-order valence-corrected chi connectivity index (χ2v) is 6.65. The molecule has 3 aromatic carbocycles. The summed E-state index contributed by atoms with van der Waals surface area (Å²) >= 11 is 0. The van der Waals surface area contributed by atoms with Crippen LogP contribution >= 0.6 is 0 Å². The summed E-state index contributed by atoms with van der Waals surface area (Å²) in [4.78, 5) is 25.2. The van der Waals surface area contributed by atoms with Crippen molar-refractivity contribution in [1.82, 2.24) is 15.2 Å². The van der Waals surface area contributed by atoms with E-state index < -0.39 is 5.91 Å². The van der Waals surface area contributed by atoms with Gasteiger partial charge < -0.3 is 0 Å². The highest BCUT2D eigenvalue weighted by Crippen LogP contribution is 2.15. The number of hydrogen-bond acceptors (Lipinski definition) is 4. The molecule has 0 aliphatic heterocycles. The minimum absolute atomic E-state index is 0.146. The number of amides is 1. The van der Waals surface area contributed by atoms with Gasteiger partial charge in [-0.15, -0.1) is 0 Å². The van der Waals surface area contributed by atoms with E-state index in [-0.39, 0.29) is 11.3 Å². The number of carbonyl (C=O) groups is 1. The maximum Gasteiger partial charge on any atom is 0.290 e. The summed E-state index contributed by atoms with van der Waals surface area (Å²) < 4.78 is 1.22. The molecular formula is C24H20N4O2. The van der Waals surface area contributed by atoms with Gasteiger partial charge in [-0.1, -0.05) is 66.7 Å². The first-order valence-corrected chi connectivity index (χ1v) is 9.54. The Bertz CT molecular complexity index is 1180. The number of para-hydroxylation sites is 2. The van der Waals surface area contributed by atoms with E-state index in [1.807, 2.05) is 78.9 Å². The van der Waals surface area contributed by atoms with Crippen LogP contribution in [0.25, 0.3) is 5.69 Å². The molecule has 1 N–H and O–H groups in total. The highest BCUT2D eigenvalue weighted by Gasteiger charge is 2.15. The number of benzene rings is 3. The number of hydrogen-bond donors (Lipinski definition) is 1. The lowest BCUT2D eigenvalue weighted by atomic mass is 10.2. The van der Waals surface area contributed by atoms with Crippen LogP contribution in [0.4, 0.5) is 5.69 Å². The first-order valence-electron chi connectivity index (χ1n) is 9.54. The molecule has 1 heterocycles. The van der Waals surface area contributed by atoms with Gasteiger partial charge in [0.1, 0.15) is 0 Å². The Hall–Kier alpha value is -4.19. The molecule has 30 heavy (non-hydrogen) atoms. The molecule has 0 aliphatic carbocycles. The van der Waals surface area contributed by atoms with Crippen LogP contribution in [0, 0.1) is 0 Å². The normalized spacial score (nSPS) is 10.4. The Kier molecular flexibility index (Phi) is 5.66. The summed E-state index contributed by atoms with van der Waals surface area (Å²) in [7, 11) is 0. The second-order valence-electron chi connectivity index (χ2n) is 6.65. The van der Waals surface area contributed by atoms with Gasteiger partial charge in [0.2, 0.25) is 0 Å². The number of aromatic nitrogens is 2. The number of nitrogens with zero attached hydrogens (tertiary/aromatic N) is 3. The van der Waals surface area contributed by atoms with Crippen molar-refractivity contribution in [2.24, 2.45) is 0 Å². The smallest absolute Gasteiger partial charge is 0.281 e. The molecule has 0 spiro atoms. The first kappa shape index (κ1) is 19.1. The Morgan fingerprint density at radius 1 is 0.800 bits per heavy atom. The minimum atomic E-state index is -0.403. The van der Waals surface area contributed by atoms with Crippen molar-refractivity contribution >= 4 is 11.6 Å². The third-order valence-corrected chi connectivity index (χ3v) is 4.52. The zero-order chi connectivity index (χ0) is 20.8.